The minimum atomic E-state index is -0.415. The number of rotatable bonds is 3. The maximum Gasteiger partial charge on any atom is 0.0991 e. The molecule has 1 unspecified atom stereocenters. The molecule has 4 fully saturated rings. The zero-order valence-corrected chi connectivity index (χ0v) is 19.6. The summed E-state index contributed by atoms with van der Waals surface area (Å²) in [5.74, 6) is 5.06. The molecule has 0 aliphatic heterocycles. The van der Waals surface area contributed by atoms with E-state index in [0.29, 0.717) is 11.5 Å². The number of nitriles is 1. The molecule has 5 rings (SSSR count). The lowest BCUT2D eigenvalue weighted by molar-refractivity contribution is -0.100. The molecule has 31 heavy (non-hydrogen) atoms. The Kier molecular flexibility index (Phi) is 5.37. The molecule has 3 heteroatoms. The maximum atomic E-state index is 10.6. The molecule has 0 spiro atoms. The first-order valence-electron chi connectivity index (χ1n) is 12.8. The molecule has 0 bridgehead atoms. The number of nitrogens with zero attached hydrogens (tertiary/aromatic N) is 1. The van der Waals surface area contributed by atoms with Crippen LogP contribution >= 0.6 is 0 Å². The van der Waals surface area contributed by atoms with Gasteiger partial charge in [-0.05, 0) is 137 Å². The largest absolute Gasteiger partial charge is 0.390 e. The summed E-state index contributed by atoms with van der Waals surface area (Å²) in [6.07, 6.45) is 11.6. The molecule has 9 atom stereocenters. The second kappa shape index (κ2) is 7.80. The SMILES string of the molecule is C[C@@H](Nc1ccc(C#N)cc1)C1CC[C@H]2[C@@H]3CC[C@@H]4C[C@](C)(O)CC[C@@H]4[C@H]3CC[C@]12C. The van der Waals surface area contributed by atoms with Gasteiger partial charge in [0.2, 0.25) is 0 Å². The van der Waals surface area contributed by atoms with Crippen molar-refractivity contribution in [3.8, 4) is 6.07 Å². The summed E-state index contributed by atoms with van der Waals surface area (Å²) in [6.45, 7) is 7.06. The smallest absolute Gasteiger partial charge is 0.0991 e. The van der Waals surface area contributed by atoms with Gasteiger partial charge in [-0.2, -0.15) is 5.26 Å². The van der Waals surface area contributed by atoms with Crippen LogP contribution in [0.3, 0.4) is 0 Å². The molecule has 1 aromatic carbocycles. The van der Waals surface area contributed by atoms with Gasteiger partial charge in [0.05, 0.1) is 17.2 Å². The van der Waals surface area contributed by atoms with Crippen molar-refractivity contribution in [1.82, 2.24) is 0 Å². The van der Waals surface area contributed by atoms with Gasteiger partial charge in [0.1, 0.15) is 0 Å². The minimum Gasteiger partial charge on any atom is -0.390 e. The van der Waals surface area contributed by atoms with E-state index in [1.807, 2.05) is 12.1 Å². The first-order valence-corrected chi connectivity index (χ1v) is 12.8. The van der Waals surface area contributed by atoms with Crippen LogP contribution in [0.5, 0.6) is 0 Å². The van der Waals surface area contributed by atoms with Crippen LogP contribution in [0.1, 0.15) is 84.1 Å². The molecule has 0 heterocycles. The van der Waals surface area contributed by atoms with Crippen LogP contribution in [0.25, 0.3) is 0 Å². The van der Waals surface area contributed by atoms with Gasteiger partial charge in [-0.1, -0.05) is 6.92 Å². The fourth-order valence-corrected chi connectivity index (χ4v) is 8.95. The van der Waals surface area contributed by atoms with Crippen molar-refractivity contribution < 1.29 is 5.11 Å². The maximum absolute atomic E-state index is 10.6. The normalized spacial score (nSPS) is 45.0. The van der Waals surface area contributed by atoms with Crippen molar-refractivity contribution in [1.29, 1.82) is 5.26 Å². The van der Waals surface area contributed by atoms with Crippen molar-refractivity contribution in [2.75, 3.05) is 5.32 Å². The van der Waals surface area contributed by atoms with Gasteiger partial charge in [-0.3, -0.25) is 0 Å². The molecule has 168 valence electrons. The van der Waals surface area contributed by atoms with Gasteiger partial charge in [0.25, 0.3) is 0 Å². The fourth-order valence-electron chi connectivity index (χ4n) is 8.95. The molecular weight excluding hydrogens is 380 g/mol. The molecule has 0 saturated heterocycles. The topological polar surface area (TPSA) is 56.0 Å². The summed E-state index contributed by atoms with van der Waals surface area (Å²) < 4.78 is 0. The van der Waals surface area contributed by atoms with Gasteiger partial charge >= 0.3 is 0 Å². The summed E-state index contributed by atoms with van der Waals surface area (Å²) in [5, 5.41) is 23.5. The molecule has 4 aliphatic carbocycles. The summed E-state index contributed by atoms with van der Waals surface area (Å²) in [6, 6.07) is 10.6. The number of benzene rings is 1. The van der Waals surface area contributed by atoms with Gasteiger partial charge in [0.15, 0.2) is 0 Å². The Balaban J connectivity index is 1.29. The lowest BCUT2D eigenvalue weighted by Gasteiger charge is -2.57. The Hall–Kier alpha value is -1.53. The molecule has 0 aromatic heterocycles. The highest BCUT2D eigenvalue weighted by molar-refractivity contribution is 5.48. The Morgan fingerprint density at radius 2 is 1.71 bits per heavy atom. The summed E-state index contributed by atoms with van der Waals surface area (Å²) in [7, 11) is 0. The van der Waals surface area contributed by atoms with E-state index in [4.69, 9.17) is 5.26 Å². The van der Waals surface area contributed by atoms with Crippen molar-refractivity contribution >= 4 is 5.69 Å². The van der Waals surface area contributed by atoms with E-state index in [1.54, 1.807) is 0 Å². The molecule has 0 radical (unpaired) electrons. The number of anilines is 1. The average Bonchev–Trinajstić information content (AvgIpc) is 3.10. The first-order chi connectivity index (χ1) is 14.8. The lowest BCUT2D eigenvalue weighted by Crippen LogP contribution is -2.51. The van der Waals surface area contributed by atoms with E-state index < -0.39 is 5.60 Å². The molecule has 1 aromatic rings. The number of hydrogen-bond acceptors (Lipinski definition) is 3. The third-order valence-electron chi connectivity index (χ3n) is 10.3. The van der Waals surface area contributed by atoms with E-state index in [1.165, 1.54) is 44.9 Å². The van der Waals surface area contributed by atoms with Gasteiger partial charge in [0, 0.05) is 11.7 Å². The van der Waals surface area contributed by atoms with Crippen molar-refractivity contribution in [3.63, 3.8) is 0 Å². The summed E-state index contributed by atoms with van der Waals surface area (Å²) >= 11 is 0. The van der Waals surface area contributed by atoms with Crippen molar-refractivity contribution in [2.24, 2.45) is 40.9 Å². The van der Waals surface area contributed by atoms with E-state index in [9.17, 15) is 5.11 Å². The lowest BCUT2D eigenvalue weighted by atomic mass is 9.49. The molecule has 4 saturated carbocycles. The standard InChI is InChI=1S/C28H40N2O/c1-18(30-21-7-4-19(17-29)5-8-21)25-10-11-26-24-9-6-20-16-27(2,31)14-12-22(20)23(24)13-15-28(25,26)3/h4-5,7-8,18,20,22-26,30-31H,6,9-16H2,1-3H3/t18-,20-,22+,23-,24-,25?,26+,27-,28-/m1/s1. The van der Waals surface area contributed by atoms with Crippen LogP contribution in [0.4, 0.5) is 5.69 Å². The molecule has 4 aliphatic rings. The Bertz CT molecular complexity index is 840. The van der Waals surface area contributed by atoms with Gasteiger partial charge in [-0.15, -0.1) is 0 Å². The van der Waals surface area contributed by atoms with Crippen LogP contribution in [-0.2, 0) is 0 Å². The number of fused-ring (bicyclic) bond motifs is 5. The zero-order chi connectivity index (χ0) is 21.8. The van der Waals surface area contributed by atoms with Crippen molar-refractivity contribution in [3.05, 3.63) is 29.8 Å². The van der Waals surface area contributed by atoms with Crippen LogP contribution in [0.2, 0.25) is 0 Å². The summed E-state index contributed by atoms with van der Waals surface area (Å²) in [5.41, 5.74) is 1.90. The second-order valence-electron chi connectivity index (χ2n) is 12.0. The highest BCUT2D eigenvalue weighted by atomic mass is 16.3. The molecule has 3 nitrogen and oxygen atoms in total. The third kappa shape index (κ3) is 3.70. The second-order valence-corrected chi connectivity index (χ2v) is 12.0. The van der Waals surface area contributed by atoms with Crippen LogP contribution < -0.4 is 5.32 Å². The van der Waals surface area contributed by atoms with Crippen LogP contribution in [-0.4, -0.2) is 16.7 Å². The minimum absolute atomic E-state index is 0.415. The monoisotopic (exact) mass is 420 g/mol. The molecular formula is C28H40N2O. The van der Waals surface area contributed by atoms with Crippen LogP contribution in [0, 0.1) is 52.3 Å². The predicted molar refractivity (Wildman–Crippen MR) is 125 cm³/mol. The number of nitrogens with one attached hydrogen (secondary N) is 1. The third-order valence-corrected chi connectivity index (χ3v) is 10.3. The molecule has 0 amide bonds. The zero-order valence-electron chi connectivity index (χ0n) is 19.6. The van der Waals surface area contributed by atoms with Crippen molar-refractivity contribution in [2.45, 2.75) is 90.2 Å². The summed E-state index contributed by atoms with van der Waals surface area (Å²) in [4.78, 5) is 0. The Morgan fingerprint density at radius 3 is 2.45 bits per heavy atom. The van der Waals surface area contributed by atoms with E-state index in [-0.39, 0.29) is 0 Å². The molecule has 2 N–H and O–H groups in total. The van der Waals surface area contributed by atoms with E-state index in [2.05, 4.69) is 44.3 Å². The first kappa shape index (κ1) is 21.3. The number of hydrogen-bond donors (Lipinski definition) is 2. The fraction of sp³-hybridized carbons (Fsp3) is 0.750. The van der Waals surface area contributed by atoms with E-state index >= 15 is 0 Å². The Morgan fingerprint density at radius 1 is 0.968 bits per heavy atom. The predicted octanol–water partition coefficient (Wildman–Crippen LogP) is 6.38. The number of aliphatic hydroxyl groups is 1. The van der Waals surface area contributed by atoms with Crippen LogP contribution in [0.15, 0.2) is 24.3 Å². The van der Waals surface area contributed by atoms with E-state index in [0.717, 1.165) is 59.6 Å². The highest BCUT2D eigenvalue weighted by Gasteiger charge is 2.58. The van der Waals surface area contributed by atoms with Gasteiger partial charge < -0.3 is 10.4 Å². The Labute approximate surface area is 188 Å². The van der Waals surface area contributed by atoms with Gasteiger partial charge in [-0.25, -0.2) is 0 Å². The quantitative estimate of drug-likeness (QED) is 0.596. The average molecular weight is 421 g/mol. The highest BCUT2D eigenvalue weighted by Crippen LogP contribution is 2.65.